The summed E-state index contributed by atoms with van der Waals surface area (Å²) >= 11 is 1.71. The molecule has 0 saturated carbocycles. The number of rotatable bonds is 4. The third-order valence-electron chi connectivity index (χ3n) is 2.20. The molecule has 1 fully saturated rings. The fraction of sp³-hybridized carbons (Fsp3) is 0.889. The van der Waals surface area contributed by atoms with Crippen LogP contribution in [-0.4, -0.2) is 29.9 Å². The average Bonchev–Trinajstić information content (AvgIpc) is 2.39. The predicted molar refractivity (Wildman–Crippen MR) is 52.7 cm³/mol. The quantitative estimate of drug-likeness (QED) is 0.654. The number of cyclic esters (lactones) is 1. The summed E-state index contributed by atoms with van der Waals surface area (Å²) < 4.78 is 10.7. The number of carbonyl (C=O) groups is 1. The van der Waals surface area contributed by atoms with Gasteiger partial charge in [-0.1, -0.05) is 6.92 Å². The van der Waals surface area contributed by atoms with Crippen molar-refractivity contribution in [3.05, 3.63) is 0 Å². The molecule has 0 amide bonds. The van der Waals surface area contributed by atoms with E-state index in [2.05, 4.69) is 0 Å². The molecule has 13 heavy (non-hydrogen) atoms. The average molecular weight is 204 g/mol. The summed E-state index contributed by atoms with van der Waals surface area (Å²) in [5.41, 5.74) is 0. The van der Waals surface area contributed by atoms with Crippen molar-refractivity contribution < 1.29 is 14.3 Å². The Bertz CT molecular complexity index is 195. The summed E-state index contributed by atoms with van der Waals surface area (Å²) in [6.07, 6.45) is 3.11. The van der Waals surface area contributed by atoms with Gasteiger partial charge in [-0.2, -0.15) is 11.8 Å². The van der Waals surface area contributed by atoms with Crippen LogP contribution in [0.5, 0.6) is 0 Å². The van der Waals surface area contributed by atoms with E-state index in [9.17, 15) is 4.79 Å². The van der Waals surface area contributed by atoms with Gasteiger partial charge in [-0.15, -0.1) is 0 Å². The van der Waals surface area contributed by atoms with Gasteiger partial charge in [-0.3, -0.25) is 0 Å². The van der Waals surface area contributed by atoms with Crippen LogP contribution in [-0.2, 0) is 14.3 Å². The van der Waals surface area contributed by atoms with Crippen molar-refractivity contribution in [1.29, 1.82) is 0 Å². The third kappa shape index (κ3) is 2.61. The van der Waals surface area contributed by atoms with Crippen LogP contribution in [0.2, 0.25) is 0 Å². The van der Waals surface area contributed by atoms with Gasteiger partial charge in [0.15, 0.2) is 6.10 Å². The fourth-order valence-corrected chi connectivity index (χ4v) is 1.66. The second-order valence-corrected chi connectivity index (χ2v) is 4.28. The van der Waals surface area contributed by atoms with Crippen molar-refractivity contribution in [2.24, 2.45) is 0 Å². The van der Waals surface area contributed by atoms with Crippen molar-refractivity contribution >= 4 is 17.7 Å². The Morgan fingerprint density at radius 2 is 2.31 bits per heavy atom. The molecule has 3 nitrogen and oxygen atoms in total. The molecule has 0 N–H and O–H groups in total. The SMILES string of the molecule is CCC1(C)OC(=O)C(CCSC)O1. The minimum absolute atomic E-state index is 0.210. The van der Waals surface area contributed by atoms with Gasteiger partial charge < -0.3 is 9.47 Å². The Balaban J connectivity index is 2.46. The molecule has 0 aliphatic carbocycles. The normalized spacial score (nSPS) is 33.5. The van der Waals surface area contributed by atoms with E-state index in [0.29, 0.717) is 6.42 Å². The lowest BCUT2D eigenvalue weighted by Crippen LogP contribution is -2.25. The van der Waals surface area contributed by atoms with Gasteiger partial charge in [0.2, 0.25) is 5.79 Å². The van der Waals surface area contributed by atoms with E-state index in [1.165, 1.54) is 0 Å². The standard InChI is InChI=1S/C9H16O3S/c1-4-9(2)11-7(5-6-13-3)8(10)12-9/h7H,4-6H2,1-3H3. The van der Waals surface area contributed by atoms with Crippen LogP contribution in [0, 0.1) is 0 Å². The minimum Gasteiger partial charge on any atom is -0.431 e. The monoisotopic (exact) mass is 204 g/mol. The maximum Gasteiger partial charge on any atom is 0.337 e. The van der Waals surface area contributed by atoms with Gasteiger partial charge in [0.05, 0.1) is 0 Å². The first-order chi connectivity index (χ1) is 6.11. The molecule has 1 aliphatic rings. The van der Waals surface area contributed by atoms with Crippen LogP contribution in [0.1, 0.15) is 26.7 Å². The number of hydrogen-bond acceptors (Lipinski definition) is 4. The molecule has 0 radical (unpaired) electrons. The lowest BCUT2D eigenvalue weighted by Gasteiger charge is -2.19. The highest BCUT2D eigenvalue weighted by atomic mass is 32.2. The Morgan fingerprint density at radius 1 is 1.62 bits per heavy atom. The van der Waals surface area contributed by atoms with Crippen molar-refractivity contribution in [2.45, 2.75) is 38.6 Å². The molecular formula is C9H16O3S. The lowest BCUT2D eigenvalue weighted by molar-refractivity contribution is -0.169. The molecule has 2 unspecified atom stereocenters. The molecule has 1 rings (SSSR count). The van der Waals surface area contributed by atoms with Gasteiger partial charge in [0, 0.05) is 13.3 Å². The first-order valence-corrected chi connectivity index (χ1v) is 5.90. The van der Waals surface area contributed by atoms with Crippen molar-refractivity contribution in [1.82, 2.24) is 0 Å². The highest BCUT2D eigenvalue weighted by Crippen LogP contribution is 2.29. The summed E-state index contributed by atoms with van der Waals surface area (Å²) in [5, 5.41) is 0. The van der Waals surface area contributed by atoms with E-state index in [1.54, 1.807) is 11.8 Å². The molecule has 1 saturated heterocycles. The van der Waals surface area contributed by atoms with E-state index in [-0.39, 0.29) is 12.1 Å². The summed E-state index contributed by atoms with van der Waals surface area (Å²) in [5.74, 6) is 0.0399. The predicted octanol–water partition coefficient (Wildman–Crippen LogP) is 1.81. The second kappa shape index (κ2) is 4.33. The zero-order chi connectivity index (χ0) is 9.90. The second-order valence-electron chi connectivity index (χ2n) is 3.30. The van der Waals surface area contributed by atoms with E-state index >= 15 is 0 Å². The molecule has 0 aromatic rings. The molecule has 1 aliphatic heterocycles. The van der Waals surface area contributed by atoms with Gasteiger partial charge in [0.25, 0.3) is 0 Å². The van der Waals surface area contributed by atoms with Gasteiger partial charge in [-0.25, -0.2) is 4.79 Å². The Morgan fingerprint density at radius 3 is 2.77 bits per heavy atom. The number of thioether (sulfide) groups is 1. The fourth-order valence-electron chi connectivity index (χ4n) is 1.21. The van der Waals surface area contributed by atoms with E-state index in [4.69, 9.17) is 9.47 Å². The Kier molecular flexibility index (Phi) is 3.62. The molecule has 0 bridgehead atoms. The maximum atomic E-state index is 11.3. The number of esters is 1. The topological polar surface area (TPSA) is 35.5 Å². The van der Waals surface area contributed by atoms with Crippen LogP contribution >= 0.6 is 11.8 Å². The van der Waals surface area contributed by atoms with Crippen LogP contribution in [0.3, 0.4) is 0 Å². The molecule has 76 valence electrons. The zero-order valence-corrected chi connectivity index (χ0v) is 9.15. The molecule has 0 spiro atoms. The molecule has 0 aromatic carbocycles. The van der Waals surface area contributed by atoms with Gasteiger partial charge in [0.1, 0.15) is 0 Å². The number of ether oxygens (including phenoxy) is 2. The maximum absolute atomic E-state index is 11.3. The minimum atomic E-state index is -0.680. The highest BCUT2D eigenvalue weighted by Gasteiger charge is 2.42. The Hall–Kier alpha value is -0.220. The third-order valence-corrected chi connectivity index (χ3v) is 2.84. The summed E-state index contributed by atoms with van der Waals surface area (Å²) in [4.78, 5) is 11.3. The van der Waals surface area contributed by atoms with Crippen molar-refractivity contribution in [3.8, 4) is 0 Å². The van der Waals surface area contributed by atoms with E-state index in [0.717, 1.165) is 12.2 Å². The molecule has 0 aromatic heterocycles. The summed E-state index contributed by atoms with van der Waals surface area (Å²) in [6.45, 7) is 3.76. The van der Waals surface area contributed by atoms with Gasteiger partial charge >= 0.3 is 5.97 Å². The molecular weight excluding hydrogens is 188 g/mol. The van der Waals surface area contributed by atoms with Gasteiger partial charge in [-0.05, 0) is 18.4 Å². The van der Waals surface area contributed by atoms with E-state index < -0.39 is 5.79 Å². The Labute approximate surface area is 83.2 Å². The summed E-state index contributed by atoms with van der Waals surface area (Å²) in [7, 11) is 0. The number of carbonyl (C=O) groups excluding carboxylic acids is 1. The molecule has 2 atom stereocenters. The highest BCUT2D eigenvalue weighted by molar-refractivity contribution is 7.98. The van der Waals surface area contributed by atoms with Crippen LogP contribution in [0.4, 0.5) is 0 Å². The summed E-state index contributed by atoms with van der Waals surface area (Å²) in [6, 6.07) is 0. The number of hydrogen-bond donors (Lipinski definition) is 0. The smallest absolute Gasteiger partial charge is 0.337 e. The van der Waals surface area contributed by atoms with E-state index in [1.807, 2.05) is 20.1 Å². The first kappa shape index (κ1) is 10.9. The lowest BCUT2D eigenvalue weighted by atomic mass is 10.2. The first-order valence-electron chi connectivity index (χ1n) is 4.51. The largest absolute Gasteiger partial charge is 0.431 e. The van der Waals surface area contributed by atoms with Crippen LogP contribution < -0.4 is 0 Å². The van der Waals surface area contributed by atoms with Crippen molar-refractivity contribution in [3.63, 3.8) is 0 Å². The molecule has 1 heterocycles. The molecule has 4 heteroatoms. The van der Waals surface area contributed by atoms with Crippen molar-refractivity contribution in [2.75, 3.05) is 12.0 Å². The van der Waals surface area contributed by atoms with Crippen LogP contribution in [0.25, 0.3) is 0 Å². The zero-order valence-electron chi connectivity index (χ0n) is 8.33. The van der Waals surface area contributed by atoms with Crippen LogP contribution in [0.15, 0.2) is 0 Å².